The van der Waals surface area contributed by atoms with Crippen LogP contribution >= 0.6 is 11.6 Å². The number of rotatable bonds is 7. The van der Waals surface area contributed by atoms with Gasteiger partial charge in [-0.15, -0.1) is 0 Å². The van der Waals surface area contributed by atoms with E-state index < -0.39 is 41.5 Å². The van der Waals surface area contributed by atoms with E-state index in [0.29, 0.717) is 10.8 Å². The van der Waals surface area contributed by atoms with Gasteiger partial charge in [-0.3, -0.25) is 0 Å². The summed E-state index contributed by atoms with van der Waals surface area (Å²) in [6.07, 6.45) is -3.86. The number of esters is 1. The quantitative estimate of drug-likeness (QED) is 0.275. The molecule has 2 rings (SSSR count). The second-order valence-electron chi connectivity index (χ2n) is 10.3. The highest BCUT2D eigenvalue weighted by atomic mass is 35.5. The summed E-state index contributed by atoms with van der Waals surface area (Å²) in [5, 5.41) is 11.9. The van der Waals surface area contributed by atoms with Crippen LogP contribution in [0.25, 0.3) is 0 Å². The van der Waals surface area contributed by atoms with Crippen molar-refractivity contribution >= 4 is 29.8 Å². The molecule has 0 radical (unpaired) electrons. The Morgan fingerprint density at radius 3 is 2.11 bits per heavy atom. The minimum atomic E-state index is -1.76. The predicted molar refractivity (Wildman–Crippen MR) is 140 cm³/mol. The summed E-state index contributed by atoms with van der Waals surface area (Å²) in [5.41, 5.74) is 1.39. The van der Waals surface area contributed by atoms with Gasteiger partial charge in [-0.1, -0.05) is 48.0 Å². The van der Waals surface area contributed by atoms with Crippen molar-refractivity contribution in [1.82, 2.24) is 10.4 Å². The largest absolute Gasteiger partial charge is 0.487 e. The molecule has 38 heavy (non-hydrogen) atoms. The average Bonchev–Trinajstić information content (AvgIpc) is 2.80. The van der Waals surface area contributed by atoms with Gasteiger partial charge in [0.05, 0.1) is 12.1 Å². The fourth-order valence-corrected chi connectivity index (χ4v) is 3.41. The number of halogens is 1. The first kappa shape index (κ1) is 30.7. The number of carbonyl (C=O) groups excluding carboxylic acids is 3. The number of hydrogen-bond acceptors (Lipinski definition) is 8. The summed E-state index contributed by atoms with van der Waals surface area (Å²) < 4.78 is 21.2. The monoisotopic (exact) mass is 550 g/mol. The van der Waals surface area contributed by atoms with Crippen LogP contribution in [0.3, 0.4) is 0 Å². The molecule has 0 unspecified atom stereocenters. The number of methoxy groups -OCH3 is 1. The van der Waals surface area contributed by atoms with E-state index in [1.165, 1.54) is 18.2 Å². The van der Waals surface area contributed by atoms with Crippen molar-refractivity contribution in [3.8, 4) is 5.75 Å². The predicted octanol–water partition coefficient (Wildman–Crippen LogP) is 5.17. The van der Waals surface area contributed by atoms with E-state index >= 15 is 0 Å². The second kappa shape index (κ2) is 12.8. The Hall–Kier alpha value is -3.50. The number of amides is 2. The Kier molecular flexibility index (Phi) is 10.4. The van der Waals surface area contributed by atoms with Crippen molar-refractivity contribution in [3.63, 3.8) is 0 Å². The number of aliphatic hydroxyl groups excluding tert-OH is 1. The van der Waals surface area contributed by atoms with Crippen LogP contribution in [0.15, 0.2) is 48.5 Å². The topological polar surface area (TPSA) is 124 Å². The summed E-state index contributed by atoms with van der Waals surface area (Å²) >= 11 is 6.40. The molecule has 10 nitrogen and oxygen atoms in total. The Balaban J connectivity index is 2.38. The van der Waals surface area contributed by atoms with Gasteiger partial charge < -0.3 is 24.1 Å². The Morgan fingerprint density at radius 2 is 1.58 bits per heavy atom. The van der Waals surface area contributed by atoms with Crippen LogP contribution in [0.2, 0.25) is 5.02 Å². The molecule has 0 saturated heterocycles. The number of hydrazine groups is 1. The van der Waals surface area contributed by atoms with Crippen LogP contribution in [0.4, 0.5) is 9.59 Å². The van der Waals surface area contributed by atoms with Gasteiger partial charge in [-0.2, -0.15) is 5.01 Å². The standard InChI is InChI=1S/C27H35ClN2O8/c1-26(2,3)37-24(33)29-30(25(34)38-27(4,5)6)21(23(32)35-7)22(31)18-13-14-20(19(28)15-18)36-16-17-11-9-8-10-12-17/h8-15,21-22,31H,16H2,1-7H3,(H,29,33)/t21-,22-/m1/s1. The van der Waals surface area contributed by atoms with Crippen LogP contribution < -0.4 is 10.2 Å². The van der Waals surface area contributed by atoms with E-state index in [4.69, 9.17) is 30.5 Å². The van der Waals surface area contributed by atoms with Crippen molar-refractivity contribution < 1.29 is 38.4 Å². The van der Waals surface area contributed by atoms with Gasteiger partial charge in [0.1, 0.15) is 29.7 Å². The van der Waals surface area contributed by atoms with Crippen molar-refractivity contribution in [2.75, 3.05) is 7.11 Å². The zero-order valence-corrected chi connectivity index (χ0v) is 23.4. The lowest BCUT2D eigenvalue weighted by Crippen LogP contribution is -2.58. The van der Waals surface area contributed by atoms with Crippen LogP contribution in [-0.2, 0) is 25.6 Å². The third-order valence-corrected chi connectivity index (χ3v) is 5.05. The van der Waals surface area contributed by atoms with Crippen molar-refractivity contribution in [2.45, 2.75) is 71.5 Å². The SMILES string of the molecule is COC(=O)[C@@H]([C@H](O)c1ccc(OCc2ccccc2)c(Cl)c1)N(NC(=O)OC(C)(C)C)C(=O)OC(C)(C)C. The van der Waals surface area contributed by atoms with Crippen LogP contribution in [-0.4, -0.2) is 52.6 Å². The number of benzene rings is 2. The van der Waals surface area contributed by atoms with Crippen molar-refractivity contribution in [1.29, 1.82) is 0 Å². The molecule has 0 aliphatic heterocycles. The molecule has 0 aromatic heterocycles. The van der Waals surface area contributed by atoms with Crippen molar-refractivity contribution in [3.05, 3.63) is 64.7 Å². The number of hydrogen-bond donors (Lipinski definition) is 2. The average molecular weight is 551 g/mol. The van der Waals surface area contributed by atoms with Crippen LogP contribution in [0.5, 0.6) is 5.75 Å². The number of aliphatic hydroxyl groups is 1. The molecule has 2 aromatic rings. The summed E-state index contributed by atoms with van der Waals surface area (Å²) in [5.74, 6) is -0.683. The summed E-state index contributed by atoms with van der Waals surface area (Å²) in [6.45, 7) is 9.96. The lowest BCUT2D eigenvalue weighted by molar-refractivity contribution is -0.153. The zero-order valence-electron chi connectivity index (χ0n) is 22.6. The van der Waals surface area contributed by atoms with Gasteiger partial charge in [-0.05, 0) is 64.8 Å². The molecule has 208 valence electrons. The normalized spacial score (nSPS) is 13.1. The first-order chi connectivity index (χ1) is 17.6. The van der Waals surface area contributed by atoms with Gasteiger partial charge in [0.25, 0.3) is 0 Å². The highest BCUT2D eigenvalue weighted by Crippen LogP contribution is 2.31. The summed E-state index contributed by atoms with van der Waals surface area (Å²) in [7, 11) is 1.08. The molecule has 0 spiro atoms. The lowest BCUT2D eigenvalue weighted by Gasteiger charge is -2.34. The second-order valence-corrected chi connectivity index (χ2v) is 10.7. The molecular formula is C27H35ClN2O8. The van der Waals surface area contributed by atoms with Gasteiger partial charge in [0.2, 0.25) is 0 Å². The lowest BCUT2D eigenvalue weighted by atomic mass is 10.0. The van der Waals surface area contributed by atoms with Gasteiger partial charge >= 0.3 is 18.2 Å². The molecule has 2 amide bonds. The van der Waals surface area contributed by atoms with Crippen LogP contribution in [0.1, 0.15) is 58.8 Å². The number of nitrogens with zero attached hydrogens (tertiary/aromatic N) is 1. The first-order valence-electron chi connectivity index (χ1n) is 11.8. The van der Waals surface area contributed by atoms with Gasteiger partial charge in [0, 0.05) is 0 Å². The highest BCUT2D eigenvalue weighted by molar-refractivity contribution is 6.32. The minimum absolute atomic E-state index is 0.150. The molecule has 2 aromatic carbocycles. The first-order valence-corrected chi connectivity index (χ1v) is 12.2. The third kappa shape index (κ3) is 9.42. The molecule has 0 fully saturated rings. The highest BCUT2D eigenvalue weighted by Gasteiger charge is 2.42. The van der Waals surface area contributed by atoms with Crippen LogP contribution in [0, 0.1) is 0 Å². The smallest absolute Gasteiger partial charge is 0.430 e. The van der Waals surface area contributed by atoms with Gasteiger partial charge in [-0.25, -0.2) is 19.8 Å². The molecular weight excluding hydrogens is 516 g/mol. The van der Waals surface area contributed by atoms with Gasteiger partial charge in [0.15, 0.2) is 6.04 Å². The molecule has 0 aliphatic rings. The van der Waals surface area contributed by atoms with E-state index in [1.807, 2.05) is 30.3 Å². The van der Waals surface area contributed by atoms with E-state index in [0.717, 1.165) is 12.7 Å². The molecule has 0 bridgehead atoms. The van der Waals surface area contributed by atoms with Crippen molar-refractivity contribution in [2.24, 2.45) is 0 Å². The molecule has 0 heterocycles. The maximum absolute atomic E-state index is 13.1. The molecule has 0 aliphatic carbocycles. The summed E-state index contributed by atoms with van der Waals surface area (Å²) in [6, 6.07) is 12.1. The zero-order chi connectivity index (χ0) is 28.7. The number of carbonyl (C=O) groups is 3. The van der Waals surface area contributed by atoms with E-state index in [2.05, 4.69) is 5.43 Å². The maximum atomic E-state index is 13.1. The fraction of sp³-hybridized carbons (Fsp3) is 0.444. The Labute approximate surface area is 227 Å². The Morgan fingerprint density at radius 1 is 0.974 bits per heavy atom. The van der Waals surface area contributed by atoms with E-state index in [9.17, 15) is 19.5 Å². The Bertz CT molecular complexity index is 1110. The molecule has 0 saturated carbocycles. The third-order valence-electron chi connectivity index (χ3n) is 4.76. The fourth-order valence-electron chi connectivity index (χ4n) is 3.17. The summed E-state index contributed by atoms with van der Waals surface area (Å²) in [4.78, 5) is 38.4. The van der Waals surface area contributed by atoms with E-state index in [1.54, 1.807) is 41.5 Å². The van der Waals surface area contributed by atoms with E-state index in [-0.39, 0.29) is 17.2 Å². The number of nitrogens with one attached hydrogen (secondary N) is 1. The minimum Gasteiger partial charge on any atom is -0.487 e. The number of ether oxygens (including phenoxy) is 4. The molecule has 2 atom stereocenters. The molecule has 11 heteroatoms. The maximum Gasteiger partial charge on any atom is 0.430 e. The molecule has 2 N–H and O–H groups in total.